The van der Waals surface area contributed by atoms with Crippen molar-refractivity contribution in [2.45, 2.75) is 6.54 Å². The molecule has 0 unspecified atom stereocenters. The maximum absolute atomic E-state index is 13.1. The fourth-order valence-electron chi connectivity index (χ4n) is 3.59. The van der Waals surface area contributed by atoms with Crippen molar-refractivity contribution in [3.05, 3.63) is 95.8 Å². The highest BCUT2D eigenvalue weighted by molar-refractivity contribution is 6.08. The molecule has 6 heteroatoms. The van der Waals surface area contributed by atoms with Crippen LogP contribution in [0.4, 0.5) is 5.69 Å². The second kappa shape index (κ2) is 9.33. The summed E-state index contributed by atoms with van der Waals surface area (Å²) in [5.74, 6) is -0.340. The number of nitrogens with zero attached hydrogens (tertiary/aromatic N) is 3. The molecule has 2 amide bonds. The monoisotopic (exact) mass is 400 g/mol. The molecule has 30 heavy (non-hydrogen) atoms. The topological polar surface area (TPSA) is 65.5 Å². The van der Waals surface area contributed by atoms with Gasteiger partial charge in [0.25, 0.3) is 11.8 Å². The van der Waals surface area contributed by atoms with Crippen LogP contribution in [0.2, 0.25) is 0 Å². The lowest BCUT2D eigenvalue weighted by molar-refractivity contribution is 0.0629. The lowest BCUT2D eigenvalue weighted by atomic mass is 10.1. The van der Waals surface area contributed by atoms with Crippen LogP contribution in [-0.2, 0) is 6.54 Å². The minimum Gasteiger partial charge on any atom is -0.336 e. The summed E-state index contributed by atoms with van der Waals surface area (Å²) in [5.41, 5.74) is 2.75. The lowest BCUT2D eigenvalue weighted by Crippen LogP contribution is -2.48. The number of benzene rings is 2. The van der Waals surface area contributed by atoms with Crippen LogP contribution in [0.25, 0.3) is 0 Å². The van der Waals surface area contributed by atoms with Crippen molar-refractivity contribution in [3.63, 3.8) is 0 Å². The van der Waals surface area contributed by atoms with E-state index in [9.17, 15) is 9.59 Å². The zero-order valence-electron chi connectivity index (χ0n) is 16.7. The number of nitrogens with one attached hydrogen (secondary N) is 1. The Labute approximate surface area is 176 Å². The van der Waals surface area contributed by atoms with Gasteiger partial charge in [0, 0.05) is 45.1 Å². The second-order valence-corrected chi connectivity index (χ2v) is 7.30. The van der Waals surface area contributed by atoms with E-state index >= 15 is 0 Å². The van der Waals surface area contributed by atoms with Gasteiger partial charge in [0.1, 0.15) is 0 Å². The van der Waals surface area contributed by atoms with Crippen LogP contribution in [0.15, 0.2) is 79.1 Å². The highest BCUT2D eigenvalue weighted by atomic mass is 16.2. The summed E-state index contributed by atoms with van der Waals surface area (Å²) in [4.78, 5) is 33.8. The number of aromatic nitrogens is 1. The van der Waals surface area contributed by atoms with Crippen LogP contribution >= 0.6 is 0 Å². The number of carbonyl (C=O) groups excluding carboxylic acids is 2. The average Bonchev–Trinajstić information content (AvgIpc) is 2.81. The molecule has 1 aliphatic rings. The molecule has 6 nitrogen and oxygen atoms in total. The Balaban J connectivity index is 1.40. The van der Waals surface area contributed by atoms with Gasteiger partial charge in [-0.25, -0.2) is 0 Å². The van der Waals surface area contributed by atoms with Gasteiger partial charge in [0.2, 0.25) is 0 Å². The minimum atomic E-state index is -0.281. The molecule has 1 saturated heterocycles. The highest BCUT2D eigenvalue weighted by Crippen LogP contribution is 2.20. The van der Waals surface area contributed by atoms with Crippen molar-refractivity contribution in [2.24, 2.45) is 0 Å². The van der Waals surface area contributed by atoms with Gasteiger partial charge in [0.15, 0.2) is 0 Å². The molecule has 0 bridgehead atoms. The summed E-state index contributed by atoms with van der Waals surface area (Å²) in [6.45, 7) is 3.86. The van der Waals surface area contributed by atoms with Crippen LogP contribution in [0.1, 0.15) is 26.3 Å². The molecule has 152 valence electrons. The molecule has 1 aliphatic heterocycles. The predicted octanol–water partition coefficient (Wildman–Crippen LogP) is 3.29. The van der Waals surface area contributed by atoms with E-state index in [-0.39, 0.29) is 11.8 Å². The molecule has 0 spiro atoms. The van der Waals surface area contributed by atoms with E-state index in [2.05, 4.69) is 27.3 Å². The quantitative estimate of drug-likeness (QED) is 0.714. The van der Waals surface area contributed by atoms with Crippen LogP contribution in [0.5, 0.6) is 0 Å². The van der Waals surface area contributed by atoms with Gasteiger partial charge >= 0.3 is 0 Å². The predicted molar refractivity (Wildman–Crippen MR) is 116 cm³/mol. The first-order valence-corrected chi connectivity index (χ1v) is 10.1. The van der Waals surface area contributed by atoms with E-state index in [4.69, 9.17) is 0 Å². The molecule has 3 aromatic rings. The second-order valence-electron chi connectivity index (χ2n) is 7.30. The number of piperazine rings is 1. The molecule has 1 N–H and O–H groups in total. The van der Waals surface area contributed by atoms with Crippen molar-refractivity contribution in [1.82, 2.24) is 14.8 Å². The number of amides is 2. The van der Waals surface area contributed by atoms with Crippen LogP contribution in [-0.4, -0.2) is 52.8 Å². The van der Waals surface area contributed by atoms with Gasteiger partial charge < -0.3 is 10.2 Å². The molecule has 4 rings (SSSR count). The van der Waals surface area contributed by atoms with Crippen LogP contribution in [0.3, 0.4) is 0 Å². The summed E-state index contributed by atoms with van der Waals surface area (Å²) in [7, 11) is 0. The fraction of sp³-hybridized carbons (Fsp3) is 0.208. The smallest absolute Gasteiger partial charge is 0.257 e. The highest BCUT2D eigenvalue weighted by Gasteiger charge is 2.24. The van der Waals surface area contributed by atoms with E-state index in [0.717, 1.165) is 19.6 Å². The van der Waals surface area contributed by atoms with Crippen molar-refractivity contribution in [2.75, 3.05) is 31.5 Å². The Morgan fingerprint density at radius 2 is 1.60 bits per heavy atom. The Morgan fingerprint density at radius 3 is 2.33 bits per heavy atom. The first-order chi connectivity index (χ1) is 14.7. The van der Waals surface area contributed by atoms with E-state index in [1.165, 1.54) is 11.8 Å². The number of hydrogen-bond acceptors (Lipinski definition) is 4. The largest absolute Gasteiger partial charge is 0.336 e. The number of pyridine rings is 1. The van der Waals surface area contributed by atoms with Crippen molar-refractivity contribution < 1.29 is 9.59 Å². The van der Waals surface area contributed by atoms with Crippen LogP contribution in [0, 0.1) is 0 Å². The summed E-state index contributed by atoms with van der Waals surface area (Å²) < 4.78 is 0. The van der Waals surface area contributed by atoms with Gasteiger partial charge in [-0.15, -0.1) is 0 Å². The molecular weight excluding hydrogens is 376 g/mol. The Bertz CT molecular complexity index is 1000. The van der Waals surface area contributed by atoms with Crippen molar-refractivity contribution >= 4 is 17.5 Å². The Kier molecular flexibility index (Phi) is 6.15. The molecule has 0 radical (unpaired) electrons. The summed E-state index contributed by atoms with van der Waals surface area (Å²) in [5, 5.41) is 2.85. The molecule has 1 fully saturated rings. The standard InChI is InChI=1S/C24H24N4O2/c29-23(20-9-6-12-25-17-20)26-22-11-5-4-10-21(22)24(30)28-15-13-27(14-16-28)18-19-7-2-1-3-8-19/h1-12,17H,13-16,18H2,(H,26,29). The SMILES string of the molecule is O=C(Nc1ccccc1C(=O)N1CCN(Cc2ccccc2)CC1)c1cccnc1. The molecule has 2 heterocycles. The third-order valence-electron chi connectivity index (χ3n) is 5.24. The van der Waals surface area contributed by atoms with Gasteiger partial charge in [-0.3, -0.25) is 19.5 Å². The zero-order chi connectivity index (χ0) is 20.8. The maximum atomic E-state index is 13.1. The van der Waals surface area contributed by atoms with Crippen molar-refractivity contribution in [3.8, 4) is 0 Å². The molecule has 0 saturated carbocycles. The normalized spacial score (nSPS) is 14.3. The summed E-state index contributed by atoms with van der Waals surface area (Å²) in [6.07, 6.45) is 3.12. The Morgan fingerprint density at radius 1 is 0.867 bits per heavy atom. The van der Waals surface area contributed by atoms with E-state index in [1.807, 2.05) is 35.2 Å². The van der Waals surface area contributed by atoms with Gasteiger partial charge in [-0.05, 0) is 29.8 Å². The van der Waals surface area contributed by atoms with E-state index in [1.54, 1.807) is 30.5 Å². The number of anilines is 1. The molecule has 1 aromatic heterocycles. The Hall–Kier alpha value is -3.51. The number of rotatable bonds is 5. The van der Waals surface area contributed by atoms with E-state index in [0.29, 0.717) is 29.9 Å². The number of para-hydroxylation sites is 1. The lowest BCUT2D eigenvalue weighted by Gasteiger charge is -2.35. The summed E-state index contributed by atoms with van der Waals surface area (Å²) in [6, 6.07) is 20.9. The maximum Gasteiger partial charge on any atom is 0.257 e. The van der Waals surface area contributed by atoms with E-state index < -0.39 is 0 Å². The first kappa shape index (κ1) is 19.8. The molecular formula is C24H24N4O2. The summed E-state index contributed by atoms with van der Waals surface area (Å²) >= 11 is 0. The van der Waals surface area contributed by atoms with Gasteiger partial charge in [0.05, 0.1) is 16.8 Å². The molecule has 0 atom stereocenters. The molecule has 0 aliphatic carbocycles. The fourth-order valence-corrected chi connectivity index (χ4v) is 3.59. The van der Waals surface area contributed by atoms with Gasteiger partial charge in [-0.1, -0.05) is 42.5 Å². The third-order valence-corrected chi connectivity index (χ3v) is 5.24. The average molecular weight is 400 g/mol. The first-order valence-electron chi connectivity index (χ1n) is 10.1. The van der Waals surface area contributed by atoms with Crippen molar-refractivity contribution in [1.29, 1.82) is 0 Å². The third kappa shape index (κ3) is 4.72. The minimum absolute atomic E-state index is 0.0588. The van der Waals surface area contributed by atoms with Gasteiger partial charge in [-0.2, -0.15) is 0 Å². The molecule has 2 aromatic carbocycles. The zero-order valence-corrected chi connectivity index (χ0v) is 16.7. The number of carbonyl (C=O) groups is 2. The number of hydrogen-bond donors (Lipinski definition) is 1. The van der Waals surface area contributed by atoms with Crippen LogP contribution < -0.4 is 5.32 Å².